The number of amides is 1. The minimum atomic E-state index is -4.63. The highest BCUT2D eigenvalue weighted by molar-refractivity contribution is 5.75. The summed E-state index contributed by atoms with van der Waals surface area (Å²) in [7, 11) is 3.03. The van der Waals surface area contributed by atoms with Crippen molar-refractivity contribution in [3.8, 4) is 0 Å². The number of aromatic nitrogens is 4. The summed E-state index contributed by atoms with van der Waals surface area (Å²) in [5, 5.41) is 7.38. The molecule has 3 atom stereocenters. The third-order valence-electron chi connectivity index (χ3n) is 6.22. The van der Waals surface area contributed by atoms with E-state index in [0.717, 1.165) is 23.2 Å². The molecule has 0 spiro atoms. The van der Waals surface area contributed by atoms with Crippen LogP contribution in [-0.4, -0.2) is 44.5 Å². The van der Waals surface area contributed by atoms with Gasteiger partial charge in [0.1, 0.15) is 6.54 Å². The van der Waals surface area contributed by atoms with Crippen molar-refractivity contribution in [2.24, 2.45) is 11.8 Å². The van der Waals surface area contributed by atoms with E-state index in [1.54, 1.807) is 20.8 Å². The number of alkyl halides is 6. The first-order valence-electron chi connectivity index (χ1n) is 11.1. The molecule has 0 aromatic carbocycles. The second-order valence-electron chi connectivity index (χ2n) is 9.58. The largest absolute Gasteiger partial charge is 0.435 e. The van der Waals surface area contributed by atoms with Crippen LogP contribution < -0.4 is 0 Å². The zero-order valence-corrected chi connectivity index (χ0v) is 19.7. The normalized spacial score (nSPS) is 19.5. The van der Waals surface area contributed by atoms with Gasteiger partial charge in [-0.05, 0) is 48.6 Å². The smallest absolute Gasteiger partial charge is 0.347 e. The summed E-state index contributed by atoms with van der Waals surface area (Å²) in [4.78, 5) is 13.4. The molecule has 6 nitrogen and oxygen atoms in total. The van der Waals surface area contributed by atoms with Gasteiger partial charge in [0, 0.05) is 32.0 Å². The van der Waals surface area contributed by atoms with E-state index in [-0.39, 0.29) is 36.1 Å². The van der Waals surface area contributed by atoms with Crippen molar-refractivity contribution in [3.63, 3.8) is 0 Å². The number of rotatable bonds is 8. The molecule has 3 rings (SSSR count). The Morgan fingerprint density at radius 1 is 0.971 bits per heavy atom. The van der Waals surface area contributed by atoms with Crippen LogP contribution in [0.1, 0.15) is 68.2 Å². The number of hydrogen-bond acceptors (Lipinski definition) is 3. The Hall–Kier alpha value is -2.53. The average molecular weight is 493 g/mol. The predicted octanol–water partition coefficient (Wildman–Crippen LogP) is 5.16. The highest BCUT2D eigenvalue weighted by Gasteiger charge is 2.42. The van der Waals surface area contributed by atoms with E-state index >= 15 is 0 Å². The number of carbonyl (C=O) groups excluding carboxylic acids is 1. The predicted molar refractivity (Wildman–Crippen MR) is 112 cm³/mol. The van der Waals surface area contributed by atoms with Gasteiger partial charge in [0.25, 0.3) is 0 Å². The fourth-order valence-electron chi connectivity index (χ4n) is 4.16. The van der Waals surface area contributed by atoms with Crippen molar-refractivity contribution in [1.29, 1.82) is 0 Å². The number of nitrogens with zero attached hydrogens (tertiary/aromatic N) is 5. The zero-order valence-electron chi connectivity index (χ0n) is 19.7. The second-order valence-corrected chi connectivity index (χ2v) is 9.58. The van der Waals surface area contributed by atoms with Crippen molar-refractivity contribution < 1.29 is 31.1 Å². The fourth-order valence-corrected chi connectivity index (χ4v) is 4.16. The highest BCUT2D eigenvalue weighted by atomic mass is 19.4. The number of hydrogen-bond donors (Lipinski definition) is 0. The maximum Gasteiger partial charge on any atom is 0.435 e. The molecule has 12 heteroatoms. The van der Waals surface area contributed by atoms with Crippen LogP contribution in [0.4, 0.5) is 26.3 Å². The third-order valence-corrected chi connectivity index (χ3v) is 6.22. The van der Waals surface area contributed by atoms with Crippen LogP contribution >= 0.6 is 0 Å². The standard InChI is InChI=1S/C22H29F6N5O/c1-12(2)16-8-18(21(23,24)25)29-32(16)10-15-7-14(15)6-13(3)17-9-19(22(26,27)28)30-33(17)11-20(34)31(4)5/h8-9,12-15H,6-7,10-11H2,1-5H3/t13-,14?,15?/m1/s1. The van der Waals surface area contributed by atoms with E-state index in [9.17, 15) is 31.1 Å². The lowest BCUT2D eigenvalue weighted by atomic mass is 9.99. The average Bonchev–Trinajstić information content (AvgIpc) is 3.09. The maximum absolute atomic E-state index is 13.2. The van der Waals surface area contributed by atoms with E-state index < -0.39 is 23.7 Å². The molecule has 0 bridgehead atoms. The van der Waals surface area contributed by atoms with Gasteiger partial charge in [-0.25, -0.2) is 0 Å². The van der Waals surface area contributed by atoms with Gasteiger partial charge in [-0.1, -0.05) is 20.8 Å². The summed E-state index contributed by atoms with van der Waals surface area (Å²) in [6.45, 7) is 5.40. The van der Waals surface area contributed by atoms with Crippen molar-refractivity contribution in [3.05, 3.63) is 34.9 Å². The van der Waals surface area contributed by atoms with Gasteiger partial charge in [0.15, 0.2) is 11.4 Å². The molecule has 34 heavy (non-hydrogen) atoms. The Morgan fingerprint density at radius 3 is 2.00 bits per heavy atom. The summed E-state index contributed by atoms with van der Waals surface area (Å²) in [5.41, 5.74) is -1.16. The summed E-state index contributed by atoms with van der Waals surface area (Å²) in [6.07, 6.45) is -7.87. The molecule has 190 valence electrons. The summed E-state index contributed by atoms with van der Waals surface area (Å²) < 4.78 is 81.6. The Labute approximate surface area is 193 Å². The zero-order chi connectivity index (χ0) is 25.6. The first kappa shape index (κ1) is 26.1. The molecule has 2 heterocycles. The van der Waals surface area contributed by atoms with E-state index in [2.05, 4.69) is 10.2 Å². The monoisotopic (exact) mass is 493 g/mol. The van der Waals surface area contributed by atoms with Crippen molar-refractivity contribution >= 4 is 5.91 Å². The molecule has 1 fully saturated rings. The van der Waals surface area contributed by atoms with Crippen LogP contribution in [0.2, 0.25) is 0 Å². The summed E-state index contributed by atoms with van der Waals surface area (Å²) in [6, 6.07) is 2.05. The third kappa shape index (κ3) is 5.93. The lowest BCUT2D eigenvalue weighted by molar-refractivity contribution is -0.142. The van der Waals surface area contributed by atoms with E-state index in [1.165, 1.54) is 23.7 Å². The molecule has 1 saturated carbocycles. The molecule has 1 amide bonds. The van der Waals surface area contributed by atoms with Crippen LogP contribution in [0.3, 0.4) is 0 Å². The van der Waals surface area contributed by atoms with Crippen LogP contribution in [0.5, 0.6) is 0 Å². The second kappa shape index (κ2) is 9.26. The Morgan fingerprint density at radius 2 is 1.50 bits per heavy atom. The molecule has 1 aliphatic carbocycles. The topological polar surface area (TPSA) is 56.0 Å². The van der Waals surface area contributed by atoms with E-state index in [4.69, 9.17) is 0 Å². The molecule has 0 saturated heterocycles. The minimum Gasteiger partial charge on any atom is -0.347 e. The molecule has 1 aliphatic rings. The first-order chi connectivity index (χ1) is 15.6. The van der Waals surface area contributed by atoms with Crippen molar-refractivity contribution in [1.82, 2.24) is 24.5 Å². The quantitative estimate of drug-likeness (QED) is 0.478. The van der Waals surface area contributed by atoms with Crippen LogP contribution in [-0.2, 0) is 30.2 Å². The molecular weight excluding hydrogens is 464 g/mol. The van der Waals surface area contributed by atoms with Gasteiger partial charge in [0.2, 0.25) is 5.91 Å². The lowest BCUT2D eigenvalue weighted by Gasteiger charge is -2.16. The van der Waals surface area contributed by atoms with Gasteiger partial charge in [-0.2, -0.15) is 36.5 Å². The first-order valence-corrected chi connectivity index (χ1v) is 11.1. The molecule has 0 N–H and O–H groups in total. The summed E-state index contributed by atoms with van der Waals surface area (Å²) in [5.74, 6) is -0.612. The summed E-state index contributed by atoms with van der Waals surface area (Å²) >= 11 is 0. The number of halogens is 6. The van der Waals surface area contributed by atoms with Gasteiger partial charge in [-0.15, -0.1) is 0 Å². The Bertz CT molecular complexity index is 1020. The van der Waals surface area contributed by atoms with Crippen molar-refractivity contribution in [2.45, 2.75) is 70.9 Å². The van der Waals surface area contributed by atoms with Crippen LogP contribution in [0.15, 0.2) is 12.1 Å². The number of likely N-dealkylation sites (N-methyl/N-ethyl adjacent to an activating group) is 1. The van der Waals surface area contributed by atoms with Gasteiger partial charge < -0.3 is 4.90 Å². The molecule has 0 radical (unpaired) electrons. The molecule has 2 unspecified atom stereocenters. The lowest BCUT2D eigenvalue weighted by Crippen LogP contribution is -2.28. The minimum absolute atomic E-state index is 0.0859. The van der Waals surface area contributed by atoms with Gasteiger partial charge >= 0.3 is 12.4 Å². The highest BCUT2D eigenvalue weighted by Crippen LogP contribution is 2.47. The Kier molecular flexibility index (Phi) is 7.10. The SMILES string of the molecule is CC(C)c1cc(C(F)(F)F)nn1CC1CC1C[C@@H](C)c1cc(C(F)(F)F)nn1CC(=O)N(C)C. The van der Waals surface area contributed by atoms with E-state index in [1.807, 2.05) is 0 Å². The molecule has 2 aromatic rings. The molecular formula is C22H29F6N5O. The van der Waals surface area contributed by atoms with Gasteiger partial charge in [-0.3, -0.25) is 14.2 Å². The number of carbonyl (C=O) groups is 1. The van der Waals surface area contributed by atoms with Crippen LogP contribution in [0.25, 0.3) is 0 Å². The molecule has 2 aromatic heterocycles. The van der Waals surface area contributed by atoms with Crippen LogP contribution in [0, 0.1) is 11.8 Å². The van der Waals surface area contributed by atoms with Crippen molar-refractivity contribution in [2.75, 3.05) is 14.1 Å². The maximum atomic E-state index is 13.2. The van der Waals surface area contributed by atoms with Gasteiger partial charge in [0.05, 0.1) is 0 Å². The Balaban J connectivity index is 1.72. The van der Waals surface area contributed by atoms with E-state index in [0.29, 0.717) is 24.4 Å². The molecule has 0 aliphatic heterocycles. The fraction of sp³-hybridized carbons (Fsp3) is 0.682.